The van der Waals surface area contributed by atoms with Crippen LogP contribution in [0.4, 0.5) is 5.69 Å². The summed E-state index contributed by atoms with van der Waals surface area (Å²) in [5, 5.41) is 2.33. The largest absolute Gasteiger partial charge is 0.238 e. The molecule has 0 fully saturated rings. The van der Waals surface area contributed by atoms with E-state index in [4.69, 9.17) is 21.5 Å². The Hall–Kier alpha value is -5.92. The third-order valence-corrected chi connectivity index (χ3v) is 8.95. The van der Waals surface area contributed by atoms with Gasteiger partial charge in [0.05, 0.1) is 6.57 Å². The van der Waals surface area contributed by atoms with Gasteiger partial charge in [-0.1, -0.05) is 135 Å². The number of rotatable bonds is 4. The first-order chi connectivity index (χ1) is 22.0. The summed E-state index contributed by atoms with van der Waals surface area (Å²) in [6.07, 6.45) is 0. The predicted molar refractivity (Wildman–Crippen MR) is 183 cm³/mol. The summed E-state index contributed by atoms with van der Waals surface area (Å²) in [6, 6.07) is 45.9. The van der Waals surface area contributed by atoms with E-state index < -0.39 is 0 Å². The average molecular weight is 577 g/mol. The third-order valence-electron chi connectivity index (χ3n) is 8.95. The fraction of sp³-hybridized carbons (Fsp3) is 0.0732. The molecule has 0 amide bonds. The van der Waals surface area contributed by atoms with E-state index >= 15 is 0 Å². The molecule has 0 spiro atoms. The molecule has 0 saturated carbocycles. The smallest absolute Gasteiger partial charge is 0.195 e. The number of nitrogens with zero attached hydrogens (tertiary/aromatic N) is 4. The van der Waals surface area contributed by atoms with Crippen molar-refractivity contribution in [3.8, 4) is 56.4 Å². The molecule has 6 aromatic carbocycles. The number of fused-ring (bicyclic) bond motifs is 4. The summed E-state index contributed by atoms with van der Waals surface area (Å²) in [5.74, 6) is 1.93. The molecule has 0 bridgehead atoms. The van der Waals surface area contributed by atoms with Crippen LogP contribution in [-0.2, 0) is 5.41 Å². The van der Waals surface area contributed by atoms with Gasteiger partial charge in [-0.3, -0.25) is 0 Å². The maximum atomic E-state index is 7.72. The van der Waals surface area contributed by atoms with Gasteiger partial charge in [0.25, 0.3) is 0 Å². The Morgan fingerprint density at radius 1 is 0.489 bits per heavy atom. The van der Waals surface area contributed by atoms with Gasteiger partial charge in [-0.25, -0.2) is 19.8 Å². The van der Waals surface area contributed by atoms with E-state index in [0.717, 1.165) is 44.3 Å². The molecule has 0 aliphatic heterocycles. The van der Waals surface area contributed by atoms with Gasteiger partial charge in [0.15, 0.2) is 23.2 Å². The minimum absolute atomic E-state index is 0.181. The molecule has 0 radical (unpaired) electrons. The van der Waals surface area contributed by atoms with Crippen molar-refractivity contribution in [3.05, 3.63) is 156 Å². The standard InChI is InChI=1S/C41H28N4/c1-41(2)34-14-9-15-36(42-3)37(34)33-23-22-31(25-35(33)41)27-16-19-29(20-17-27)39-43-38(28-11-5-4-6-12-28)44-40(45-39)32-21-18-26-10-7-8-13-30(26)24-32/h4-25H,1-2H3. The van der Waals surface area contributed by atoms with Crippen LogP contribution in [0, 0.1) is 6.57 Å². The van der Waals surface area contributed by atoms with Gasteiger partial charge in [0, 0.05) is 22.1 Å². The lowest BCUT2D eigenvalue weighted by molar-refractivity contribution is 0.661. The van der Waals surface area contributed by atoms with Gasteiger partial charge in [0.1, 0.15) is 0 Å². The van der Waals surface area contributed by atoms with Crippen molar-refractivity contribution >= 4 is 16.5 Å². The Bertz CT molecular complexity index is 2300. The second-order valence-corrected chi connectivity index (χ2v) is 12.0. The van der Waals surface area contributed by atoms with E-state index in [1.165, 1.54) is 16.5 Å². The minimum atomic E-state index is -0.181. The van der Waals surface area contributed by atoms with E-state index in [1.807, 2.05) is 54.6 Å². The van der Waals surface area contributed by atoms with Crippen molar-refractivity contribution in [2.45, 2.75) is 19.3 Å². The van der Waals surface area contributed by atoms with Gasteiger partial charge in [-0.05, 0) is 56.3 Å². The second-order valence-electron chi connectivity index (χ2n) is 12.0. The van der Waals surface area contributed by atoms with Crippen LogP contribution in [0.3, 0.4) is 0 Å². The minimum Gasteiger partial charge on any atom is -0.238 e. The molecular weight excluding hydrogens is 548 g/mol. The number of aromatic nitrogens is 3. The van der Waals surface area contributed by atoms with Crippen molar-refractivity contribution in [3.63, 3.8) is 0 Å². The lowest BCUT2D eigenvalue weighted by atomic mass is 9.81. The summed E-state index contributed by atoms with van der Waals surface area (Å²) >= 11 is 0. The molecule has 4 nitrogen and oxygen atoms in total. The zero-order valence-electron chi connectivity index (χ0n) is 25.0. The van der Waals surface area contributed by atoms with Crippen LogP contribution in [0.5, 0.6) is 0 Å². The van der Waals surface area contributed by atoms with E-state index in [2.05, 4.69) is 97.6 Å². The van der Waals surface area contributed by atoms with Crippen LogP contribution in [0.25, 0.3) is 72.0 Å². The molecule has 0 N–H and O–H groups in total. The maximum absolute atomic E-state index is 7.72. The van der Waals surface area contributed by atoms with E-state index in [1.54, 1.807) is 0 Å². The fourth-order valence-corrected chi connectivity index (χ4v) is 6.53. The molecular formula is C41H28N4. The van der Waals surface area contributed by atoms with Gasteiger partial charge in [-0.2, -0.15) is 0 Å². The van der Waals surface area contributed by atoms with Crippen molar-refractivity contribution in [1.29, 1.82) is 0 Å². The zero-order valence-corrected chi connectivity index (χ0v) is 25.0. The van der Waals surface area contributed by atoms with Crippen LogP contribution in [0.15, 0.2) is 133 Å². The first-order valence-electron chi connectivity index (χ1n) is 15.1. The van der Waals surface area contributed by atoms with Crippen LogP contribution < -0.4 is 0 Å². The molecule has 1 heterocycles. The summed E-state index contributed by atoms with van der Waals surface area (Å²) in [4.78, 5) is 18.6. The van der Waals surface area contributed by atoms with Crippen LogP contribution >= 0.6 is 0 Å². The van der Waals surface area contributed by atoms with Crippen molar-refractivity contribution in [1.82, 2.24) is 15.0 Å². The molecule has 1 aliphatic rings. The number of hydrogen-bond donors (Lipinski definition) is 0. The SMILES string of the molecule is [C-]#[N+]c1cccc2c1-c1ccc(-c3ccc(-c4nc(-c5ccccc5)nc(-c5ccc6ccccc6c5)n4)cc3)cc1C2(C)C. The van der Waals surface area contributed by atoms with Crippen molar-refractivity contribution in [2.75, 3.05) is 0 Å². The summed E-state index contributed by atoms with van der Waals surface area (Å²) in [6.45, 7) is 12.2. The molecule has 7 aromatic rings. The van der Waals surface area contributed by atoms with E-state index in [9.17, 15) is 0 Å². The molecule has 8 rings (SSSR count). The molecule has 1 aliphatic carbocycles. The summed E-state index contributed by atoms with van der Waals surface area (Å²) < 4.78 is 0. The highest BCUT2D eigenvalue weighted by molar-refractivity contribution is 5.91. The Morgan fingerprint density at radius 2 is 1.09 bits per heavy atom. The van der Waals surface area contributed by atoms with Crippen LogP contribution in [-0.4, -0.2) is 15.0 Å². The van der Waals surface area contributed by atoms with Crippen molar-refractivity contribution in [2.24, 2.45) is 0 Å². The Morgan fingerprint density at radius 3 is 1.82 bits per heavy atom. The quantitative estimate of drug-likeness (QED) is 0.196. The Balaban J connectivity index is 1.19. The first-order valence-corrected chi connectivity index (χ1v) is 15.1. The van der Waals surface area contributed by atoms with Gasteiger partial charge >= 0.3 is 0 Å². The van der Waals surface area contributed by atoms with Gasteiger partial charge < -0.3 is 0 Å². The highest BCUT2D eigenvalue weighted by atomic mass is 15.0. The molecule has 4 heteroatoms. The fourth-order valence-electron chi connectivity index (χ4n) is 6.53. The molecule has 0 unspecified atom stereocenters. The predicted octanol–water partition coefficient (Wildman–Crippen LogP) is 10.5. The maximum Gasteiger partial charge on any atom is 0.195 e. The van der Waals surface area contributed by atoms with Crippen LogP contribution in [0.1, 0.15) is 25.0 Å². The molecule has 0 atom stereocenters. The normalized spacial score (nSPS) is 12.8. The average Bonchev–Trinajstić information content (AvgIpc) is 3.34. The molecule has 45 heavy (non-hydrogen) atoms. The van der Waals surface area contributed by atoms with Crippen LogP contribution in [0.2, 0.25) is 0 Å². The third kappa shape index (κ3) is 4.49. The second kappa shape index (κ2) is 10.4. The molecule has 0 saturated heterocycles. The lowest BCUT2D eigenvalue weighted by Gasteiger charge is -2.22. The lowest BCUT2D eigenvalue weighted by Crippen LogP contribution is -2.14. The van der Waals surface area contributed by atoms with Gasteiger partial charge in [-0.15, -0.1) is 0 Å². The topological polar surface area (TPSA) is 43.0 Å². The van der Waals surface area contributed by atoms with E-state index in [-0.39, 0.29) is 5.41 Å². The molecule has 212 valence electrons. The highest BCUT2D eigenvalue weighted by Crippen LogP contribution is 2.52. The first kappa shape index (κ1) is 26.7. The zero-order chi connectivity index (χ0) is 30.5. The monoisotopic (exact) mass is 576 g/mol. The summed E-state index contributed by atoms with van der Waals surface area (Å²) in [5.41, 5.74) is 10.3. The Labute approximate surface area is 262 Å². The van der Waals surface area contributed by atoms with Crippen molar-refractivity contribution < 1.29 is 0 Å². The highest BCUT2D eigenvalue weighted by Gasteiger charge is 2.36. The number of hydrogen-bond acceptors (Lipinski definition) is 3. The number of benzene rings is 6. The molecule has 1 aromatic heterocycles. The Kier molecular flexibility index (Phi) is 6.15. The van der Waals surface area contributed by atoms with Gasteiger partial charge in [0.2, 0.25) is 0 Å². The summed E-state index contributed by atoms with van der Waals surface area (Å²) in [7, 11) is 0. The van der Waals surface area contributed by atoms with E-state index in [0.29, 0.717) is 23.2 Å².